The largest absolute Gasteiger partial charge is 0.467 e. The maximum absolute atomic E-state index is 10.9. The van der Waals surface area contributed by atoms with Crippen LogP contribution in [-0.4, -0.2) is 24.3 Å². The highest BCUT2D eigenvalue weighted by Gasteiger charge is 2.14. The van der Waals surface area contributed by atoms with Crippen LogP contribution in [0.25, 0.3) is 0 Å². The van der Waals surface area contributed by atoms with Crippen LogP contribution in [0.2, 0.25) is 0 Å². The number of carbonyl (C=O) groups is 1. The summed E-state index contributed by atoms with van der Waals surface area (Å²) in [5, 5.41) is 9.36. The molecule has 0 aliphatic rings. The number of rotatable bonds is 4. The Morgan fingerprint density at radius 2 is 2.33 bits per heavy atom. The summed E-state index contributed by atoms with van der Waals surface area (Å²) in [5.41, 5.74) is 1.08. The molecular formula is C11H13BrO3. The molecular weight excluding hydrogens is 260 g/mol. The first-order chi connectivity index (χ1) is 7.13. The minimum atomic E-state index is -1.03. The summed E-state index contributed by atoms with van der Waals surface area (Å²) in [7, 11) is 1.27. The lowest BCUT2D eigenvalue weighted by Gasteiger charge is -2.07. The van der Waals surface area contributed by atoms with Gasteiger partial charge < -0.3 is 9.84 Å². The molecule has 0 amide bonds. The van der Waals surface area contributed by atoms with Gasteiger partial charge in [-0.25, -0.2) is 4.79 Å². The Morgan fingerprint density at radius 1 is 1.60 bits per heavy atom. The van der Waals surface area contributed by atoms with Crippen molar-refractivity contribution in [2.75, 3.05) is 7.11 Å². The van der Waals surface area contributed by atoms with Crippen LogP contribution < -0.4 is 0 Å². The van der Waals surface area contributed by atoms with E-state index in [2.05, 4.69) is 20.7 Å². The number of methoxy groups -OCH3 is 1. The quantitative estimate of drug-likeness (QED) is 0.852. The second kappa shape index (κ2) is 5.88. The van der Waals surface area contributed by atoms with Crippen molar-refractivity contribution >= 4 is 21.9 Å². The summed E-state index contributed by atoms with van der Waals surface area (Å²) in [4.78, 5) is 10.9. The van der Waals surface area contributed by atoms with Crippen LogP contribution in [-0.2, 0) is 16.0 Å². The smallest absolute Gasteiger partial charge is 0.334 e. The Bertz CT molecular complexity index is 338. The number of aryl methyl sites for hydroxylation is 1. The van der Waals surface area contributed by atoms with Gasteiger partial charge >= 0.3 is 5.97 Å². The molecule has 0 aliphatic heterocycles. The molecule has 1 aromatic rings. The van der Waals surface area contributed by atoms with Gasteiger partial charge in [0.1, 0.15) is 0 Å². The second-order valence-corrected chi connectivity index (χ2v) is 4.12. The maximum atomic E-state index is 10.9. The third kappa shape index (κ3) is 4.01. The van der Waals surface area contributed by atoms with Crippen molar-refractivity contribution in [1.29, 1.82) is 0 Å². The highest BCUT2D eigenvalue weighted by atomic mass is 79.9. The molecule has 1 aromatic carbocycles. The Kier molecular flexibility index (Phi) is 4.78. The van der Waals surface area contributed by atoms with Crippen LogP contribution in [0.4, 0.5) is 0 Å². The van der Waals surface area contributed by atoms with E-state index < -0.39 is 12.1 Å². The molecule has 0 spiro atoms. The van der Waals surface area contributed by atoms with Gasteiger partial charge in [0.2, 0.25) is 0 Å². The monoisotopic (exact) mass is 272 g/mol. The molecule has 1 N–H and O–H groups in total. The lowest BCUT2D eigenvalue weighted by atomic mass is 10.1. The van der Waals surface area contributed by atoms with Gasteiger partial charge in [-0.2, -0.15) is 0 Å². The number of carbonyl (C=O) groups excluding carboxylic acids is 1. The van der Waals surface area contributed by atoms with Crippen LogP contribution in [0, 0.1) is 0 Å². The molecule has 3 nitrogen and oxygen atoms in total. The number of aliphatic hydroxyl groups is 1. The van der Waals surface area contributed by atoms with Crippen molar-refractivity contribution in [1.82, 2.24) is 0 Å². The van der Waals surface area contributed by atoms with E-state index in [9.17, 15) is 9.90 Å². The number of halogens is 1. The second-order valence-electron chi connectivity index (χ2n) is 3.21. The zero-order valence-electron chi connectivity index (χ0n) is 8.44. The summed E-state index contributed by atoms with van der Waals surface area (Å²) in [6.45, 7) is 0. The van der Waals surface area contributed by atoms with Crippen molar-refractivity contribution in [3.8, 4) is 0 Å². The highest BCUT2D eigenvalue weighted by Crippen LogP contribution is 2.13. The predicted octanol–water partition coefficient (Wildman–Crippen LogP) is 1.92. The predicted molar refractivity (Wildman–Crippen MR) is 60.5 cm³/mol. The van der Waals surface area contributed by atoms with Crippen molar-refractivity contribution in [2.24, 2.45) is 0 Å². The molecule has 0 saturated heterocycles. The average molecular weight is 273 g/mol. The lowest BCUT2D eigenvalue weighted by molar-refractivity contribution is -0.150. The van der Waals surface area contributed by atoms with Gasteiger partial charge in [-0.15, -0.1) is 0 Å². The van der Waals surface area contributed by atoms with E-state index in [0.29, 0.717) is 12.8 Å². The van der Waals surface area contributed by atoms with E-state index in [1.165, 1.54) is 7.11 Å². The van der Waals surface area contributed by atoms with E-state index in [4.69, 9.17) is 0 Å². The fraction of sp³-hybridized carbons (Fsp3) is 0.364. The Labute approximate surface area is 97.2 Å². The third-order valence-electron chi connectivity index (χ3n) is 2.07. The highest BCUT2D eigenvalue weighted by molar-refractivity contribution is 9.10. The molecule has 82 valence electrons. The standard InChI is InChI=1S/C11H13BrO3/c1-15-11(14)10(13)6-5-8-3-2-4-9(12)7-8/h2-4,7,10,13H,5-6H2,1H3. The van der Waals surface area contributed by atoms with E-state index >= 15 is 0 Å². The first-order valence-corrected chi connectivity index (χ1v) is 5.43. The number of esters is 1. The molecule has 4 heteroatoms. The van der Waals surface area contributed by atoms with Crippen LogP contribution in [0.1, 0.15) is 12.0 Å². The average Bonchev–Trinajstić information content (AvgIpc) is 2.25. The van der Waals surface area contributed by atoms with E-state index in [1.54, 1.807) is 0 Å². The molecule has 0 aromatic heterocycles. The number of aliphatic hydroxyl groups excluding tert-OH is 1. The van der Waals surface area contributed by atoms with Gasteiger partial charge in [0.15, 0.2) is 6.10 Å². The molecule has 0 aliphatic carbocycles. The molecule has 0 bridgehead atoms. The first-order valence-electron chi connectivity index (χ1n) is 4.64. The summed E-state index contributed by atoms with van der Waals surface area (Å²) >= 11 is 3.36. The van der Waals surface area contributed by atoms with Gasteiger partial charge in [-0.1, -0.05) is 28.1 Å². The minimum Gasteiger partial charge on any atom is -0.467 e. The van der Waals surface area contributed by atoms with Crippen LogP contribution in [0.15, 0.2) is 28.7 Å². The third-order valence-corrected chi connectivity index (χ3v) is 2.56. The normalized spacial score (nSPS) is 12.2. The van der Waals surface area contributed by atoms with Crippen LogP contribution >= 0.6 is 15.9 Å². The molecule has 0 heterocycles. The SMILES string of the molecule is COC(=O)C(O)CCc1cccc(Br)c1. The fourth-order valence-corrected chi connectivity index (χ4v) is 1.70. The maximum Gasteiger partial charge on any atom is 0.334 e. The lowest BCUT2D eigenvalue weighted by Crippen LogP contribution is -2.22. The van der Waals surface area contributed by atoms with Gasteiger partial charge in [0.05, 0.1) is 7.11 Å². The molecule has 0 radical (unpaired) electrons. The summed E-state index contributed by atoms with van der Waals surface area (Å²) in [5.74, 6) is -0.579. The Balaban J connectivity index is 2.47. The number of ether oxygens (including phenoxy) is 1. The molecule has 1 rings (SSSR count). The van der Waals surface area contributed by atoms with E-state index in [0.717, 1.165) is 10.0 Å². The van der Waals surface area contributed by atoms with Crippen molar-refractivity contribution in [2.45, 2.75) is 18.9 Å². The Morgan fingerprint density at radius 3 is 2.93 bits per heavy atom. The van der Waals surface area contributed by atoms with Crippen molar-refractivity contribution in [3.05, 3.63) is 34.3 Å². The van der Waals surface area contributed by atoms with Crippen LogP contribution in [0.5, 0.6) is 0 Å². The van der Waals surface area contributed by atoms with Crippen molar-refractivity contribution < 1.29 is 14.6 Å². The summed E-state index contributed by atoms with van der Waals surface area (Å²) < 4.78 is 5.42. The molecule has 1 atom stereocenters. The number of benzene rings is 1. The topological polar surface area (TPSA) is 46.5 Å². The van der Waals surface area contributed by atoms with E-state index in [-0.39, 0.29) is 0 Å². The first kappa shape index (κ1) is 12.2. The fourth-order valence-electron chi connectivity index (χ4n) is 1.25. The zero-order valence-corrected chi connectivity index (χ0v) is 10.0. The van der Waals surface area contributed by atoms with E-state index in [1.807, 2.05) is 24.3 Å². The minimum absolute atomic E-state index is 0.378. The van der Waals surface area contributed by atoms with Crippen molar-refractivity contribution in [3.63, 3.8) is 0 Å². The number of hydrogen-bond donors (Lipinski definition) is 1. The molecule has 15 heavy (non-hydrogen) atoms. The molecule has 0 saturated carbocycles. The van der Waals surface area contributed by atoms with Crippen LogP contribution in [0.3, 0.4) is 0 Å². The Hall–Kier alpha value is -0.870. The summed E-state index contributed by atoms with van der Waals surface area (Å²) in [6, 6.07) is 7.77. The van der Waals surface area contributed by atoms with Gasteiger partial charge in [0.25, 0.3) is 0 Å². The summed E-state index contributed by atoms with van der Waals surface area (Å²) in [6.07, 6.45) is -0.00673. The molecule has 1 unspecified atom stereocenters. The number of hydrogen-bond acceptors (Lipinski definition) is 3. The van der Waals surface area contributed by atoms with Gasteiger partial charge in [-0.05, 0) is 30.5 Å². The van der Waals surface area contributed by atoms with Gasteiger partial charge in [-0.3, -0.25) is 0 Å². The van der Waals surface area contributed by atoms with Gasteiger partial charge in [0, 0.05) is 4.47 Å². The molecule has 0 fully saturated rings. The zero-order chi connectivity index (χ0) is 11.3.